The number of rotatable bonds is 6. The number of carboxylic acid groups (broad SMARTS) is 1. The van der Waals surface area contributed by atoms with E-state index in [0.717, 1.165) is 18.8 Å². The molecule has 0 aromatic rings. The van der Waals surface area contributed by atoms with Crippen LogP contribution in [0.3, 0.4) is 0 Å². The van der Waals surface area contributed by atoms with Crippen molar-refractivity contribution in [3.05, 3.63) is 0 Å². The molecule has 116 valence electrons. The number of carboxylic acids is 1. The van der Waals surface area contributed by atoms with Crippen molar-refractivity contribution in [1.82, 2.24) is 14.7 Å². The van der Waals surface area contributed by atoms with Crippen molar-refractivity contribution in [2.24, 2.45) is 0 Å². The average molecular weight is 303 g/mol. The van der Waals surface area contributed by atoms with E-state index in [1.54, 1.807) is 16.7 Å². The van der Waals surface area contributed by atoms with Crippen molar-refractivity contribution in [1.29, 1.82) is 0 Å². The van der Waals surface area contributed by atoms with Gasteiger partial charge in [0.1, 0.15) is 0 Å². The van der Waals surface area contributed by atoms with Gasteiger partial charge in [-0.15, -0.1) is 0 Å². The van der Waals surface area contributed by atoms with Crippen molar-refractivity contribution in [2.45, 2.75) is 19.4 Å². The Morgan fingerprint density at radius 2 is 1.90 bits per heavy atom. The second-order valence-electron chi connectivity index (χ2n) is 5.17. The third-order valence-corrected chi connectivity index (χ3v) is 4.47. The fourth-order valence-corrected chi connectivity index (χ4v) is 2.89. The monoisotopic (exact) mass is 303 g/mol. The Balaban J connectivity index is 2.36. The first-order valence-electron chi connectivity index (χ1n) is 6.90. The summed E-state index contributed by atoms with van der Waals surface area (Å²) in [6.07, 6.45) is 2.20. The highest BCUT2D eigenvalue weighted by Gasteiger charge is 2.25. The molecule has 20 heavy (non-hydrogen) atoms. The maximum absolute atomic E-state index is 12.3. The first-order chi connectivity index (χ1) is 9.45. The van der Waals surface area contributed by atoms with Gasteiger partial charge in [0.05, 0.1) is 6.42 Å². The molecule has 0 aliphatic carbocycles. The first kappa shape index (κ1) is 17.1. The molecule has 1 unspecified atom stereocenters. The van der Waals surface area contributed by atoms with Crippen LogP contribution in [0.5, 0.6) is 0 Å². The number of amides is 2. The van der Waals surface area contributed by atoms with Gasteiger partial charge in [0.15, 0.2) is 0 Å². The number of hydrogen-bond donors (Lipinski definition) is 1. The fourth-order valence-electron chi connectivity index (χ4n) is 2.18. The van der Waals surface area contributed by atoms with Gasteiger partial charge in [-0.05, 0) is 13.2 Å². The second-order valence-corrected chi connectivity index (χ2v) is 6.08. The van der Waals surface area contributed by atoms with Crippen LogP contribution in [0.25, 0.3) is 0 Å². The molecule has 0 spiro atoms. The predicted molar refractivity (Wildman–Crippen MR) is 81.3 cm³/mol. The van der Waals surface area contributed by atoms with Crippen molar-refractivity contribution in [3.8, 4) is 0 Å². The molecular weight excluding hydrogens is 278 g/mol. The van der Waals surface area contributed by atoms with E-state index < -0.39 is 5.97 Å². The van der Waals surface area contributed by atoms with Gasteiger partial charge >= 0.3 is 12.0 Å². The lowest BCUT2D eigenvalue weighted by Crippen LogP contribution is -2.54. The summed E-state index contributed by atoms with van der Waals surface area (Å²) < 4.78 is 0. The molecule has 1 atom stereocenters. The van der Waals surface area contributed by atoms with Crippen LogP contribution in [0.1, 0.15) is 13.3 Å². The zero-order chi connectivity index (χ0) is 15.1. The summed E-state index contributed by atoms with van der Waals surface area (Å²) in [5.41, 5.74) is 0. The highest BCUT2D eigenvalue weighted by atomic mass is 32.2. The Hall–Kier alpha value is -0.950. The van der Waals surface area contributed by atoms with E-state index in [9.17, 15) is 9.59 Å². The summed E-state index contributed by atoms with van der Waals surface area (Å²) in [7, 11) is 1.85. The molecule has 1 aliphatic heterocycles. The largest absolute Gasteiger partial charge is 0.481 e. The quantitative estimate of drug-likeness (QED) is 0.789. The number of thioether (sulfide) groups is 1. The number of piperazine rings is 1. The highest BCUT2D eigenvalue weighted by Crippen LogP contribution is 2.10. The Kier molecular flexibility index (Phi) is 7.15. The van der Waals surface area contributed by atoms with Crippen LogP contribution < -0.4 is 0 Å². The van der Waals surface area contributed by atoms with Gasteiger partial charge < -0.3 is 14.9 Å². The van der Waals surface area contributed by atoms with E-state index in [1.807, 2.05) is 18.2 Å². The molecule has 0 aromatic carbocycles. The van der Waals surface area contributed by atoms with E-state index >= 15 is 0 Å². The van der Waals surface area contributed by atoms with Crippen LogP contribution in [0.4, 0.5) is 4.79 Å². The minimum atomic E-state index is -0.769. The van der Waals surface area contributed by atoms with Crippen LogP contribution in [0.15, 0.2) is 0 Å². The smallest absolute Gasteiger partial charge is 0.320 e. The first-order valence-corrected chi connectivity index (χ1v) is 8.30. The Labute approximate surface area is 125 Å². The van der Waals surface area contributed by atoms with Gasteiger partial charge in [0, 0.05) is 51.6 Å². The van der Waals surface area contributed by atoms with E-state index in [1.165, 1.54) is 0 Å². The zero-order valence-corrected chi connectivity index (χ0v) is 13.4. The Morgan fingerprint density at radius 3 is 2.40 bits per heavy atom. The standard InChI is InChI=1S/C13H25N3O3S/c1-11(10-20-3)14(2)13(19)16-8-6-15(7-9-16)5-4-12(17)18/h11H,4-10H2,1-3H3,(H,17,18). The third-order valence-electron chi connectivity index (χ3n) is 3.66. The summed E-state index contributed by atoms with van der Waals surface area (Å²) >= 11 is 1.74. The number of carbonyl (C=O) groups is 2. The molecule has 1 heterocycles. The van der Waals surface area contributed by atoms with Gasteiger partial charge in [-0.2, -0.15) is 11.8 Å². The number of nitrogens with zero attached hydrogens (tertiary/aromatic N) is 3. The normalized spacial score (nSPS) is 17.9. The average Bonchev–Trinajstić information content (AvgIpc) is 2.44. The van der Waals surface area contributed by atoms with E-state index in [0.29, 0.717) is 19.6 Å². The number of aliphatic carboxylic acids is 1. The number of hydrogen-bond acceptors (Lipinski definition) is 4. The van der Waals surface area contributed by atoms with Crippen molar-refractivity contribution in [2.75, 3.05) is 51.8 Å². The maximum Gasteiger partial charge on any atom is 0.320 e. The molecule has 0 radical (unpaired) electrons. The van der Waals surface area contributed by atoms with Crippen LogP contribution in [-0.4, -0.2) is 89.6 Å². The molecule has 1 saturated heterocycles. The summed E-state index contributed by atoms with van der Waals surface area (Å²) in [6, 6.07) is 0.298. The molecule has 2 amide bonds. The van der Waals surface area contributed by atoms with Crippen LogP contribution in [0.2, 0.25) is 0 Å². The van der Waals surface area contributed by atoms with Crippen LogP contribution in [-0.2, 0) is 4.79 Å². The molecule has 1 rings (SSSR count). The van der Waals surface area contributed by atoms with Gasteiger partial charge in [0.25, 0.3) is 0 Å². The second kappa shape index (κ2) is 8.36. The highest BCUT2D eigenvalue weighted by molar-refractivity contribution is 7.98. The minimum absolute atomic E-state index is 0.0736. The molecule has 7 heteroatoms. The van der Waals surface area contributed by atoms with Crippen LogP contribution >= 0.6 is 11.8 Å². The Bertz CT molecular complexity index is 333. The molecule has 1 N–H and O–H groups in total. The van der Waals surface area contributed by atoms with Gasteiger partial charge in [-0.25, -0.2) is 4.79 Å². The van der Waals surface area contributed by atoms with Gasteiger partial charge in [0.2, 0.25) is 0 Å². The maximum atomic E-state index is 12.3. The van der Waals surface area contributed by atoms with Crippen molar-refractivity contribution < 1.29 is 14.7 Å². The lowest BCUT2D eigenvalue weighted by atomic mass is 10.3. The molecule has 6 nitrogen and oxygen atoms in total. The summed E-state index contributed by atoms with van der Waals surface area (Å²) in [6.45, 7) is 5.48. The lowest BCUT2D eigenvalue weighted by Gasteiger charge is -2.37. The van der Waals surface area contributed by atoms with E-state index in [4.69, 9.17) is 5.11 Å². The Morgan fingerprint density at radius 1 is 1.30 bits per heavy atom. The predicted octanol–water partition coefficient (Wildman–Crippen LogP) is 0.882. The molecule has 0 aromatic heterocycles. The molecule has 0 saturated carbocycles. The van der Waals surface area contributed by atoms with E-state index in [2.05, 4.69) is 11.8 Å². The molecule has 1 fully saturated rings. The van der Waals surface area contributed by atoms with E-state index in [-0.39, 0.29) is 18.5 Å². The summed E-state index contributed by atoms with van der Waals surface area (Å²) in [5.74, 6) is 0.162. The summed E-state index contributed by atoms with van der Waals surface area (Å²) in [5, 5.41) is 8.67. The minimum Gasteiger partial charge on any atom is -0.481 e. The molecular formula is C13H25N3O3S. The van der Waals surface area contributed by atoms with Gasteiger partial charge in [-0.3, -0.25) is 9.69 Å². The molecule has 0 bridgehead atoms. The van der Waals surface area contributed by atoms with Crippen LogP contribution in [0, 0.1) is 0 Å². The number of urea groups is 1. The zero-order valence-electron chi connectivity index (χ0n) is 12.5. The fraction of sp³-hybridized carbons (Fsp3) is 0.846. The van der Waals surface area contributed by atoms with Crippen molar-refractivity contribution in [3.63, 3.8) is 0 Å². The summed E-state index contributed by atoms with van der Waals surface area (Å²) in [4.78, 5) is 28.6. The topological polar surface area (TPSA) is 64.1 Å². The van der Waals surface area contributed by atoms with Crippen molar-refractivity contribution >= 4 is 23.8 Å². The molecule has 1 aliphatic rings. The lowest BCUT2D eigenvalue weighted by molar-refractivity contribution is -0.137. The van der Waals surface area contributed by atoms with Gasteiger partial charge in [-0.1, -0.05) is 0 Å². The third kappa shape index (κ3) is 5.20. The number of carbonyl (C=O) groups excluding carboxylic acids is 1. The SMILES string of the molecule is CSCC(C)N(C)C(=O)N1CCN(CCC(=O)O)CC1.